The zero-order valence-electron chi connectivity index (χ0n) is 9.92. The van der Waals surface area contributed by atoms with Gasteiger partial charge in [0, 0.05) is 12.6 Å². The smallest absolute Gasteiger partial charge is 0.121 e. The van der Waals surface area contributed by atoms with Gasteiger partial charge in [-0.25, -0.2) is 0 Å². The molecule has 0 fully saturated rings. The standard InChI is InChI=1S/C12H20N2O/c1-9-7-10(5-6-12(9)15-4)11(14-3)8-13-2/h5-7,11,13-14H,8H2,1-4H3. The summed E-state index contributed by atoms with van der Waals surface area (Å²) >= 11 is 0. The van der Waals surface area contributed by atoms with E-state index in [-0.39, 0.29) is 0 Å². The zero-order valence-corrected chi connectivity index (χ0v) is 9.92. The molecule has 0 spiro atoms. The molecule has 2 N–H and O–H groups in total. The molecule has 0 aliphatic heterocycles. The van der Waals surface area contributed by atoms with E-state index in [1.807, 2.05) is 20.2 Å². The molecule has 3 heteroatoms. The van der Waals surface area contributed by atoms with Crippen LogP contribution >= 0.6 is 0 Å². The summed E-state index contributed by atoms with van der Waals surface area (Å²) in [6.07, 6.45) is 0. The van der Waals surface area contributed by atoms with E-state index in [4.69, 9.17) is 4.74 Å². The Labute approximate surface area is 91.8 Å². The Balaban J connectivity index is 2.89. The van der Waals surface area contributed by atoms with Gasteiger partial charge >= 0.3 is 0 Å². The van der Waals surface area contributed by atoms with Crippen molar-refractivity contribution in [3.63, 3.8) is 0 Å². The normalized spacial score (nSPS) is 12.5. The number of methoxy groups -OCH3 is 1. The average molecular weight is 208 g/mol. The minimum absolute atomic E-state index is 0.347. The molecule has 0 saturated heterocycles. The van der Waals surface area contributed by atoms with Crippen LogP contribution in [0.25, 0.3) is 0 Å². The maximum absolute atomic E-state index is 5.24. The van der Waals surface area contributed by atoms with Gasteiger partial charge in [0.2, 0.25) is 0 Å². The van der Waals surface area contributed by atoms with Gasteiger partial charge in [-0.3, -0.25) is 0 Å². The molecule has 1 rings (SSSR count). The first-order valence-corrected chi connectivity index (χ1v) is 5.19. The van der Waals surface area contributed by atoms with Crippen LogP contribution in [0.3, 0.4) is 0 Å². The van der Waals surface area contributed by atoms with E-state index in [0.29, 0.717) is 6.04 Å². The van der Waals surface area contributed by atoms with E-state index in [2.05, 4.69) is 29.7 Å². The van der Waals surface area contributed by atoms with E-state index >= 15 is 0 Å². The van der Waals surface area contributed by atoms with Crippen LogP contribution in [0.15, 0.2) is 18.2 Å². The van der Waals surface area contributed by atoms with E-state index in [1.165, 1.54) is 11.1 Å². The van der Waals surface area contributed by atoms with Gasteiger partial charge in [-0.1, -0.05) is 12.1 Å². The van der Waals surface area contributed by atoms with Crippen LogP contribution in [0.1, 0.15) is 17.2 Å². The molecule has 3 nitrogen and oxygen atoms in total. The Hall–Kier alpha value is -1.06. The summed E-state index contributed by atoms with van der Waals surface area (Å²) in [6.45, 7) is 2.98. The zero-order chi connectivity index (χ0) is 11.3. The molecule has 0 aliphatic carbocycles. The quantitative estimate of drug-likeness (QED) is 0.769. The van der Waals surface area contributed by atoms with Crippen molar-refractivity contribution in [2.45, 2.75) is 13.0 Å². The molecule has 0 saturated carbocycles. The molecule has 0 amide bonds. The fourth-order valence-electron chi connectivity index (χ4n) is 1.71. The third-order valence-electron chi connectivity index (χ3n) is 2.58. The number of ether oxygens (including phenoxy) is 1. The van der Waals surface area contributed by atoms with Crippen LogP contribution in [0.2, 0.25) is 0 Å². The summed E-state index contributed by atoms with van der Waals surface area (Å²) in [6, 6.07) is 6.63. The van der Waals surface area contributed by atoms with Crippen molar-refractivity contribution in [1.29, 1.82) is 0 Å². The Bertz CT molecular complexity index is 312. The van der Waals surface area contributed by atoms with E-state index in [0.717, 1.165) is 12.3 Å². The fourth-order valence-corrected chi connectivity index (χ4v) is 1.71. The lowest BCUT2D eigenvalue weighted by molar-refractivity contribution is 0.411. The third-order valence-corrected chi connectivity index (χ3v) is 2.58. The van der Waals surface area contributed by atoms with Crippen molar-refractivity contribution in [2.75, 3.05) is 27.7 Å². The number of rotatable bonds is 5. The summed E-state index contributed by atoms with van der Waals surface area (Å²) in [5, 5.41) is 6.45. The van der Waals surface area contributed by atoms with E-state index < -0.39 is 0 Å². The maximum atomic E-state index is 5.24. The van der Waals surface area contributed by atoms with Gasteiger partial charge in [0.25, 0.3) is 0 Å². The second-order valence-corrected chi connectivity index (χ2v) is 3.63. The molecular formula is C12H20N2O. The Morgan fingerprint density at radius 2 is 2.07 bits per heavy atom. The van der Waals surface area contributed by atoms with Crippen LogP contribution in [-0.4, -0.2) is 27.7 Å². The van der Waals surface area contributed by atoms with Crippen molar-refractivity contribution in [3.8, 4) is 5.75 Å². The number of hydrogen-bond acceptors (Lipinski definition) is 3. The molecular weight excluding hydrogens is 188 g/mol. The van der Waals surface area contributed by atoms with Crippen molar-refractivity contribution < 1.29 is 4.74 Å². The SMILES string of the molecule is CNCC(NC)c1ccc(OC)c(C)c1. The highest BCUT2D eigenvalue weighted by molar-refractivity contribution is 5.37. The van der Waals surface area contributed by atoms with Gasteiger partial charge in [-0.2, -0.15) is 0 Å². The molecule has 0 radical (unpaired) electrons. The molecule has 1 unspecified atom stereocenters. The minimum Gasteiger partial charge on any atom is -0.496 e. The van der Waals surface area contributed by atoms with Crippen molar-refractivity contribution in [1.82, 2.24) is 10.6 Å². The monoisotopic (exact) mass is 208 g/mol. The van der Waals surface area contributed by atoms with Crippen LogP contribution in [0.4, 0.5) is 0 Å². The highest BCUT2D eigenvalue weighted by Crippen LogP contribution is 2.21. The third kappa shape index (κ3) is 2.94. The summed E-state index contributed by atoms with van der Waals surface area (Å²) in [5.74, 6) is 0.943. The lowest BCUT2D eigenvalue weighted by Crippen LogP contribution is -2.27. The summed E-state index contributed by atoms with van der Waals surface area (Å²) in [5.41, 5.74) is 2.46. The van der Waals surface area contributed by atoms with Gasteiger partial charge < -0.3 is 15.4 Å². The van der Waals surface area contributed by atoms with Crippen LogP contribution < -0.4 is 15.4 Å². The lowest BCUT2D eigenvalue weighted by Gasteiger charge is -2.17. The fraction of sp³-hybridized carbons (Fsp3) is 0.500. The second-order valence-electron chi connectivity index (χ2n) is 3.63. The minimum atomic E-state index is 0.347. The molecule has 84 valence electrons. The predicted molar refractivity (Wildman–Crippen MR) is 63.5 cm³/mol. The molecule has 1 atom stereocenters. The van der Waals surface area contributed by atoms with Gasteiger partial charge in [0.05, 0.1) is 7.11 Å². The van der Waals surface area contributed by atoms with Crippen molar-refractivity contribution >= 4 is 0 Å². The van der Waals surface area contributed by atoms with Crippen molar-refractivity contribution in [3.05, 3.63) is 29.3 Å². The Morgan fingerprint density at radius 1 is 1.33 bits per heavy atom. The van der Waals surface area contributed by atoms with Crippen LogP contribution in [0.5, 0.6) is 5.75 Å². The first-order chi connectivity index (χ1) is 7.22. The molecule has 0 aromatic heterocycles. The van der Waals surface area contributed by atoms with Gasteiger partial charge in [-0.05, 0) is 38.2 Å². The molecule has 1 aromatic rings. The van der Waals surface area contributed by atoms with Crippen LogP contribution in [0, 0.1) is 6.92 Å². The van der Waals surface area contributed by atoms with Gasteiger partial charge in [-0.15, -0.1) is 0 Å². The molecule has 15 heavy (non-hydrogen) atoms. The lowest BCUT2D eigenvalue weighted by atomic mass is 10.0. The number of aryl methyl sites for hydroxylation is 1. The number of likely N-dealkylation sites (N-methyl/N-ethyl adjacent to an activating group) is 2. The molecule has 0 aliphatic rings. The Morgan fingerprint density at radius 3 is 2.53 bits per heavy atom. The predicted octanol–water partition coefficient (Wildman–Crippen LogP) is 1.48. The maximum Gasteiger partial charge on any atom is 0.121 e. The van der Waals surface area contributed by atoms with E-state index in [9.17, 15) is 0 Å². The molecule has 0 bridgehead atoms. The summed E-state index contributed by atoms with van der Waals surface area (Å²) < 4.78 is 5.24. The summed E-state index contributed by atoms with van der Waals surface area (Å²) in [4.78, 5) is 0. The van der Waals surface area contributed by atoms with Crippen LogP contribution in [-0.2, 0) is 0 Å². The summed E-state index contributed by atoms with van der Waals surface area (Å²) in [7, 11) is 5.63. The van der Waals surface area contributed by atoms with Crippen molar-refractivity contribution in [2.24, 2.45) is 0 Å². The highest BCUT2D eigenvalue weighted by atomic mass is 16.5. The number of hydrogen-bond donors (Lipinski definition) is 2. The highest BCUT2D eigenvalue weighted by Gasteiger charge is 2.09. The van der Waals surface area contributed by atoms with Gasteiger partial charge in [0.1, 0.15) is 5.75 Å². The van der Waals surface area contributed by atoms with E-state index in [1.54, 1.807) is 7.11 Å². The topological polar surface area (TPSA) is 33.3 Å². The second kappa shape index (κ2) is 5.73. The molecule has 1 aromatic carbocycles. The first-order valence-electron chi connectivity index (χ1n) is 5.19. The first kappa shape index (κ1) is 12.0. The largest absolute Gasteiger partial charge is 0.496 e. The number of nitrogens with one attached hydrogen (secondary N) is 2. The van der Waals surface area contributed by atoms with Gasteiger partial charge in [0.15, 0.2) is 0 Å². The Kier molecular flexibility index (Phi) is 4.59. The average Bonchev–Trinajstić information content (AvgIpc) is 2.25. The number of benzene rings is 1. The molecule has 0 heterocycles.